The SMILES string of the molecule is CN=C(NCC1(c2cccc(F)c2)CCOCC1)NC1CCN(c2ccc(F)cc2F)C1. The zero-order chi connectivity index (χ0) is 22.6. The van der Waals surface area contributed by atoms with Gasteiger partial charge in [-0.1, -0.05) is 12.1 Å². The van der Waals surface area contributed by atoms with E-state index in [4.69, 9.17) is 4.74 Å². The molecule has 0 aromatic heterocycles. The lowest BCUT2D eigenvalue weighted by atomic mass is 9.74. The third-order valence-corrected chi connectivity index (χ3v) is 6.48. The number of nitrogens with zero attached hydrogens (tertiary/aromatic N) is 2. The van der Waals surface area contributed by atoms with Crippen LogP contribution in [0.25, 0.3) is 0 Å². The van der Waals surface area contributed by atoms with Crippen LogP contribution in [0.15, 0.2) is 47.5 Å². The van der Waals surface area contributed by atoms with Crippen LogP contribution in [0.3, 0.4) is 0 Å². The van der Waals surface area contributed by atoms with Gasteiger partial charge in [0, 0.05) is 57.4 Å². The van der Waals surface area contributed by atoms with Crippen LogP contribution < -0.4 is 15.5 Å². The molecule has 0 saturated carbocycles. The van der Waals surface area contributed by atoms with Gasteiger partial charge in [0.1, 0.15) is 17.5 Å². The molecule has 2 N–H and O–H groups in total. The van der Waals surface area contributed by atoms with Crippen molar-refractivity contribution in [2.75, 3.05) is 44.8 Å². The molecule has 0 aliphatic carbocycles. The number of ether oxygens (including phenoxy) is 1. The monoisotopic (exact) mass is 446 g/mol. The van der Waals surface area contributed by atoms with Gasteiger partial charge in [0.25, 0.3) is 0 Å². The standard InChI is InChI=1S/C24H29F3N4O/c1-28-23(30-20-7-10-31(15-20)22-6-5-19(26)14-21(22)27)29-16-24(8-11-32-12-9-24)17-3-2-4-18(25)13-17/h2-6,13-14,20H,7-12,15-16H2,1H3,(H2,28,29,30). The number of hydrogen-bond donors (Lipinski definition) is 2. The van der Waals surface area contributed by atoms with Crippen LogP contribution in [0.5, 0.6) is 0 Å². The van der Waals surface area contributed by atoms with E-state index in [0.717, 1.165) is 30.9 Å². The van der Waals surface area contributed by atoms with Gasteiger partial charge in [-0.25, -0.2) is 13.2 Å². The Kier molecular flexibility index (Phi) is 6.89. The minimum Gasteiger partial charge on any atom is -0.381 e. The molecular formula is C24H29F3N4O. The van der Waals surface area contributed by atoms with Crippen molar-refractivity contribution in [3.63, 3.8) is 0 Å². The highest BCUT2D eigenvalue weighted by molar-refractivity contribution is 5.80. The third kappa shape index (κ3) is 5.01. The molecule has 2 aromatic rings. The summed E-state index contributed by atoms with van der Waals surface area (Å²) in [4.78, 5) is 6.26. The summed E-state index contributed by atoms with van der Waals surface area (Å²) >= 11 is 0. The summed E-state index contributed by atoms with van der Waals surface area (Å²) in [6.45, 7) is 3.12. The molecule has 2 saturated heterocycles. The fraction of sp³-hybridized carbons (Fsp3) is 0.458. The first kappa shape index (κ1) is 22.5. The van der Waals surface area contributed by atoms with Gasteiger partial charge in [-0.15, -0.1) is 0 Å². The Morgan fingerprint density at radius 2 is 1.91 bits per heavy atom. The number of guanidine groups is 1. The second-order valence-electron chi connectivity index (χ2n) is 8.50. The molecule has 2 aliphatic heterocycles. The first-order chi connectivity index (χ1) is 15.5. The Hall–Kier alpha value is -2.74. The summed E-state index contributed by atoms with van der Waals surface area (Å²) in [5.74, 6) is -0.719. The number of hydrogen-bond acceptors (Lipinski definition) is 3. The van der Waals surface area contributed by atoms with Crippen molar-refractivity contribution in [3.8, 4) is 0 Å². The van der Waals surface area contributed by atoms with Crippen molar-refractivity contribution >= 4 is 11.6 Å². The van der Waals surface area contributed by atoms with E-state index in [0.29, 0.717) is 44.5 Å². The third-order valence-electron chi connectivity index (χ3n) is 6.48. The Bertz CT molecular complexity index is 962. The van der Waals surface area contributed by atoms with Crippen LogP contribution in [0.4, 0.5) is 18.9 Å². The fourth-order valence-corrected chi connectivity index (χ4v) is 4.62. The summed E-state index contributed by atoms with van der Waals surface area (Å²) in [6.07, 6.45) is 2.39. The fourth-order valence-electron chi connectivity index (χ4n) is 4.62. The first-order valence-corrected chi connectivity index (χ1v) is 11.0. The lowest BCUT2D eigenvalue weighted by molar-refractivity contribution is 0.0512. The van der Waals surface area contributed by atoms with Gasteiger partial charge >= 0.3 is 0 Å². The van der Waals surface area contributed by atoms with E-state index in [2.05, 4.69) is 15.6 Å². The smallest absolute Gasteiger partial charge is 0.191 e. The van der Waals surface area contributed by atoms with Crippen molar-refractivity contribution in [3.05, 3.63) is 65.5 Å². The highest BCUT2D eigenvalue weighted by Gasteiger charge is 2.35. The summed E-state index contributed by atoms with van der Waals surface area (Å²) in [7, 11) is 1.71. The largest absolute Gasteiger partial charge is 0.381 e. The number of halogens is 3. The van der Waals surface area contributed by atoms with Crippen molar-refractivity contribution in [1.29, 1.82) is 0 Å². The summed E-state index contributed by atoms with van der Waals surface area (Å²) in [6, 6.07) is 10.5. The van der Waals surface area contributed by atoms with Gasteiger partial charge in [-0.05, 0) is 49.1 Å². The van der Waals surface area contributed by atoms with E-state index in [1.807, 2.05) is 11.0 Å². The van der Waals surface area contributed by atoms with Crippen molar-refractivity contribution in [2.24, 2.45) is 4.99 Å². The van der Waals surface area contributed by atoms with Crippen molar-refractivity contribution in [2.45, 2.75) is 30.7 Å². The summed E-state index contributed by atoms with van der Waals surface area (Å²) in [5.41, 5.74) is 1.13. The number of anilines is 1. The predicted molar refractivity (Wildman–Crippen MR) is 120 cm³/mol. The molecule has 2 fully saturated rings. The van der Waals surface area contributed by atoms with Crippen LogP contribution in [0, 0.1) is 17.5 Å². The molecule has 0 bridgehead atoms. The molecule has 0 radical (unpaired) electrons. The van der Waals surface area contributed by atoms with Crippen LogP contribution in [0.2, 0.25) is 0 Å². The second kappa shape index (κ2) is 9.81. The van der Waals surface area contributed by atoms with E-state index < -0.39 is 11.6 Å². The lowest BCUT2D eigenvalue weighted by Crippen LogP contribution is -2.50. The Morgan fingerprint density at radius 1 is 1.12 bits per heavy atom. The summed E-state index contributed by atoms with van der Waals surface area (Å²) in [5, 5.41) is 6.83. The minimum atomic E-state index is -0.579. The predicted octanol–water partition coefficient (Wildman–Crippen LogP) is 3.60. The van der Waals surface area contributed by atoms with E-state index >= 15 is 0 Å². The maximum Gasteiger partial charge on any atom is 0.191 e. The molecular weight excluding hydrogens is 417 g/mol. The molecule has 2 heterocycles. The molecule has 1 unspecified atom stereocenters. The van der Waals surface area contributed by atoms with Crippen LogP contribution >= 0.6 is 0 Å². The molecule has 0 amide bonds. The molecule has 2 aliphatic rings. The number of nitrogens with one attached hydrogen (secondary N) is 2. The first-order valence-electron chi connectivity index (χ1n) is 11.0. The molecule has 2 aromatic carbocycles. The van der Waals surface area contributed by atoms with E-state index in [1.54, 1.807) is 19.2 Å². The maximum absolute atomic E-state index is 14.1. The number of benzene rings is 2. The van der Waals surface area contributed by atoms with Gasteiger partial charge in [-0.2, -0.15) is 0 Å². The Balaban J connectivity index is 1.39. The van der Waals surface area contributed by atoms with Crippen LogP contribution in [-0.4, -0.2) is 51.9 Å². The van der Waals surface area contributed by atoms with E-state index in [1.165, 1.54) is 18.2 Å². The highest BCUT2D eigenvalue weighted by Crippen LogP contribution is 2.34. The molecule has 0 spiro atoms. The minimum absolute atomic E-state index is 0.0745. The Labute approximate surface area is 186 Å². The average Bonchev–Trinajstić information content (AvgIpc) is 3.25. The summed E-state index contributed by atoms with van der Waals surface area (Å²) < 4.78 is 46.8. The molecule has 5 nitrogen and oxygen atoms in total. The normalized spacial score (nSPS) is 20.9. The number of aliphatic imine (C=N–C) groups is 1. The van der Waals surface area contributed by atoms with Gasteiger partial charge < -0.3 is 20.3 Å². The zero-order valence-electron chi connectivity index (χ0n) is 18.2. The van der Waals surface area contributed by atoms with E-state index in [-0.39, 0.29) is 17.3 Å². The highest BCUT2D eigenvalue weighted by atomic mass is 19.1. The second-order valence-corrected chi connectivity index (χ2v) is 8.50. The lowest BCUT2D eigenvalue weighted by Gasteiger charge is -2.38. The molecule has 32 heavy (non-hydrogen) atoms. The quantitative estimate of drug-likeness (QED) is 0.545. The molecule has 172 valence electrons. The molecule has 1 atom stereocenters. The van der Waals surface area contributed by atoms with E-state index in [9.17, 15) is 13.2 Å². The average molecular weight is 447 g/mol. The topological polar surface area (TPSA) is 48.9 Å². The number of rotatable bonds is 5. The zero-order valence-corrected chi connectivity index (χ0v) is 18.2. The van der Waals surface area contributed by atoms with Crippen LogP contribution in [0.1, 0.15) is 24.8 Å². The van der Waals surface area contributed by atoms with Gasteiger partial charge in [0.2, 0.25) is 0 Å². The van der Waals surface area contributed by atoms with Gasteiger partial charge in [0.15, 0.2) is 5.96 Å². The van der Waals surface area contributed by atoms with Gasteiger partial charge in [-0.3, -0.25) is 4.99 Å². The molecule has 4 rings (SSSR count). The van der Waals surface area contributed by atoms with Crippen molar-refractivity contribution in [1.82, 2.24) is 10.6 Å². The van der Waals surface area contributed by atoms with Crippen LogP contribution in [-0.2, 0) is 10.2 Å². The molecule has 8 heteroatoms. The Morgan fingerprint density at radius 3 is 2.62 bits per heavy atom. The maximum atomic E-state index is 14.1. The van der Waals surface area contributed by atoms with Crippen molar-refractivity contribution < 1.29 is 17.9 Å². The van der Waals surface area contributed by atoms with Gasteiger partial charge in [0.05, 0.1) is 5.69 Å².